The molecule has 0 saturated carbocycles. The first-order valence-electron chi connectivity index (χ1n) is 1.52. The molecule has 4 heteroatoms. The standard InChI is InChI=1S/C3H4N2O2/c4-3(7)5-1-2-6/h1H,(H3,4,5,7). The van der Waals surface area contributed by atoms with Gasteiger partial charge in [-0.2, -0.15) is 0 Å². The van der Waals surface area contributed by atoms with Crippen LogP contribution in [0.15, 0.2) is 6.20 Å². The molecule has 7 heavy (non-hydrogen) atoms. The highest BCUT2D eigenvalue weighted by atomic mass is 16.2. The van der Waals surface area contributed by atoms with Crippen LogP contribution < -0.4 is 11.1 Å². The maximum absolute atomic E-state index is 9.66. The zero-order valence-corrected chi connectivity index (χ0v) is 3.47. The minimum atomic E-state index is -0.761. The second kappa shape index (κ2) is 2.93. The molecule has 0 rings (SSSR count). The molecule has 0 aliphatic heterocycles. The van der Waals surface area contributed by atoms with E-state index in [0.717, 1.165) is 6.20 Å². The van der Waals surface area contributed by atoms with E-state index in [1.165, 1.54) is 5.94 Å². The fourth-order valence-corrected chi connectivity index (χ4v) is 0.101. The lowest BCUT2D eigenvalue weighted by Gasteiger charge is -1.81. The second-order valence-corrected chi connectivity index (χ2v) is 0.771. The Morgan fingerprint density at radius 2 is 2.43 bits per heavy atom. The second-order valence-electron chi connectivity index (χ2n) is 0.771. The van der Waals surface area contributed by atoms with Crippen LogP contribution in [0.25, 0.3) is 0 Å². The summed E-state index contributed by atoms with van der Waals surface area (Å²) >= 11 is 0. The van der Waals surface area contributed by atoms with Crippen molar-refractivity contribution in [2.75, 3.05) is 0 Å². The molecule has 2 amide bonds. The van der Waals surface area contributed by atoms with E-state index < -0.39 is 6.03 Å². The molecule has 38 valence electrons. The minimum Gasteiger partial charge on any atom is -0.351 e. The Morgan fingerprint density at radius 1 is 1.86 bits per heavy atom. The molecular weight excluding hydrogens is 96.0 g/mol. The quantitative estimate of drug-likeness (QED) is 0.415. The molecule has 0 aliphatic carbocycles. The summed E-state index contributed by atoms with van der Waals surface area (Å²) in [5.74, 6) is 1.31. The summed E-state index contributed by atoms with van der Waals surface area (Å²) in [6.07, 6.45) is 0.794. The fraction of sp³-hybridized carbons (Fsp3) is 0. The molecule has 0 aromatic carbocycles. The molecule has 3 N–H and O–H groups in total. The first kappa shape index (κ1) is 5.72. The van der Waals surface area contributed by atoms with Crippen LogP contribution >= 0.6 is 0 Å². The van der Waals surface area contributed by atoms with E-state index in [1.54, 1.807) is 0 Å². The molecule has 0 unspecified atom stereocenters. The van der Waals surface area contributed by atoms with Crippen molar-refractivity contribution in [3.05, 3.63) is 6.20 Å². The van der Waals surface area contributed by atoms with Crippen LogP contribution in [0, 0.1) is 0 Å². The monoisotopic (exact) mass is 100 g/mol. The van der Waals surface area contributed by atoms with Crippen molar-refractivity contribution in [3.63, 3.8) is 0 Å². The fourth-order valence-electron chi connectivity index (χ4n) is 0.101. The van der Waals surface area contributed by atoms with Crippen molar-refractivity contribution in [2.45, 2.75) is 0 Å². The van der Waals surface area contributed by atoms with Crippen LogP contribution in [-0.2, 0) is 4.79 Å². The van der Waals surface area contributed by atoms with Gasteiger partial charge >= 0.3 is 6.03 Å². The molecular formula is C3H4N2O2. The normalized spacial score (nSPS) is 6.29. The van der Waals surface area contributed by atoms with Gasteiger partial charge < -0.3 is 11.1 Å². The lowest BCUT2D eigenvalue weighted by Crippen LogP contribution is -2.24. The van der Waals surface area contributed by atoms with Crippen molar-refractivity contribution in [1.29, 1.82) is 0 Å². The van der Waals surface area contributed by atoms with Gasteiger partial charge in [0.2, 0.25) is 0 Å². The smallest absolute Gasteiger partial charge is 0.316 e. The summed E-state index contributed by atoms with van der Waals surface area (Å²) in [6.45, 7) is 0. The zero-order chi connectivity index (χ0) is 5.70. The number of nitrogens with two attached hydrogens (primary N) is 1. The third kappa shape index (κ3) is 4.72. The molecule has 0 atom stereocenters. The predicted octanol–water partition coefficient (Wildman–Crippen LogP) is -1.00. The Bertz CT molecular complexity index is 114. The highest BCUT2D eigenvalue weighted by molar-refractivity contribution is 5.74. The first-order valence-corrected chi connectivity index (χ1v) is 1.52. The van der Waals surface area contributed by atoms with Gasteiger partial charge in [0.25, 0.3) is 0 Å². The summed E-state index contributed by atoms with van der Waals surface area (Å²) in [4.78, 5) is 18.9. The van der Waals surface area contributed by atoms with Crippen molar-refractivity contribution in [3.8, 4) is 0 Å². The molecule has 0 aromatic rings. The predicted molar refractivity (Wildman–Crippen MR) is 23.0 cm³/mol. The Labute approximate surface area is 40.0 Å². The number of nitrogens with one attached hydrogen (secondary N) is 1. The maximum atomic E-state index is 9.66. The average molecular weight is 100 g/mol. The van der Waals surface area contributed by atoms with Gasteiger partial charge in [0.05, 0.1) is 6.20 Å². The maximum Gasteiger partial charge on any atom is 0.316 e. The van der Waals surface area contributed by atoms with Gasteiger partial charge in [-0.1, -0.05) is 0 Å². The Balaban J connectivity index is 3.32. The number of amides is 2. The van der Waals surface area contributed by atoms with Crippen molar-refractivity contribution >= 4 is 12.0 Å². The highest BCUT2D eigenvalue weighted by Gasteiger charge is 1.78. The number of carbonyl (C=O) groups is 1. The molecule has 0 heterocycles. The number of rotatable bonds is 1. The summed E-state index contributed by atoms with van der Waals surface area (Å²) in [5, 5.41) is 1.89. The average Bonchev–Trinajstić information content (AvgIpc) is 1.61. The van der Waals surface area contributed by atoms with E-state index in [9.17, 15) is 9.59 Å². The summed E-state index contributed by atoms with van der Waals surface area (Å²) in [5.41, 5.74) is 4.52. The topological polar surface area (TPSA) is 72.2 Å². The summed E-state index contributed by atoms with van der Waals surface area (Å²) in [6, 6.07) is -0.761. The first-order chi connectivity index (χ1) is 3.27. The van der Waals surface area contributed by atoms with Crippen LogP contribution in [-0.4, -0.2) is 12.0 Å². The lowest BCUT2D eigenvalue weighted by atomic mass is 10.9. The number of hydrogen-bond acceptors (Lipinski definition) is 2. The Morgan fingerprint density at radius 3 is 2.57 bits per heavy atom. The Kier molecular flexibility index (Phi) is 2.40. The number of primary amides is 1. The summed E-state index contributed by atoms with van der Waals surface area (Å²) in [7, 11) is 0. The molecule has 0 saturated heterocycles. The number of urea groups is 1. The van der Waals surface area contributed by atoms with Gasteiger partial charge in [-0.3, -0.25) is 0 Å². The van der Waals surface area contributed by atoms with E-state index in [1.807, 2.05) is 5.32 Å². The van der Waals surface area contributed by atoms with Crippen LogP contribution in [0.1, 0.15) is 0 Å². The molecule has 0 aromatic heterocycles. The van der Waals surface area contributed by atoms with Crippen LogP contribution in [0.2, 0.25) is 0 Å². The van der Waals surface area contributed by atoms with Gasteiger partial charge in [0, 0.05) is 0 Å². The zero-order valence-electron chi connectivity index (χ0n) is 3.47. The van der Waals surface area contributed by atoms with Crippen molar-refractivity contribution < 1.29 is 9.59 Å². The van der Waals surface area contributed by atoms with Crippen molar-refractivity contribution in [1.82, 2.24) is 5.32 Å². The molecule has 0 fully saturated rings. The van der Waals surface area contributed by atoms with E-state index in [-0.39, 0.29) is 0 Å². The molecule has 4 nitrogen and oxygen atoms in total. The molecule has 0 spiro atoms. The number of carbonyl (C=O) groups excluding carboxylic acids is 2. The third-order valence-corrected chi connectivity index (χ3v) is 0.273. The van der Waals surface area contributed by atoms with E-state index in [4.69, 9.17) is 0 Å². The molecule has 0 aliphatic rings. The lowest BCUT2D eigenvalue weighted by molar-refractivity contribution is 0.252. The largest absolute Gasteiger partial charge is 0.351 e. The number of hydrogen-bond donors (Lipinski definition) is 2. The van der Waals surface area contributed by atoms with Gasteiger partial charge in [0.1, 0.15) is 5.94 Å². The molecule has 0 bridgehead atoms. The van der Waals surface area contributed by atoms with Crippen LogP contribution in [0.5, 0.6) is 0 Å². The Hall–Kier alpha value is -1.28. The third-order valence-electron chi connectivity index (χ3n) is 0.273. The van der Waals surface area contributed by atoms with E-state index in [2.05, 4.69) is 5.73 Å². The van der Waals surface area contributed by atoms with Gasteiger partial charge in [-0.25, -0.2) is 9.59 Å². The van der Waals surface area contributed by atoms with Gasteiger partial charge in [-0.15, -0.1) is 0 Å². The van der Waals surface area contributed by atoms with Gasteiger partial charge in [0.15, 0.2) is 0 Å². The minimum absolute atomic E-state index is 0.761. The SMILES string of the molecule is NC(=O)NC=C=O. The van der Waals surface area contributed by atoms with Gasteiger partial charge in [-0.05, 0) is 0 Å². The van der Waals surface area contributed by atoms with E-state index >= 15 is 0 Å². The molecule has 0 radical (unpaired) electrons. The highest BCUT2D eigenvalue weighted by Crippen LogP contribution is 1.48. The van der Waals surface area contributed by atoms with Crippen molar-refractivity contribution in [2.24, 2.45) is 5.73 Å². The summed E-state index contributed by atoms with van der Waals surface area (Å²) < 4.78 is 0. The van der Waals surface area contributed by atoms with E-state index in [0.29, 0.717) is 0 Å². The van der Waals surface area contributed by atoms with Crippen LogP contribution in [0.3, 0.4) is 0 Å². The van der Waals surface area contributed by atoms with Crippen LogP contribution in [0.4, 0.5) is 4.79 Å².